The second-order valence-corrected chi connectivity index (χ2v) is 7.91. The molecule has 1 fully saturated rings. The molecule has 4 heteroatoms. The van der Waals surface area contributed by atoms with Gasteiger partial charge in [-0.1, -0.05) is 61.5 Å². The van der Waals surface area contributed by atoms with Crippen molar-refractivity contribution in [2.75, 3.05) is 26.7 Å². The van der Waals surface area contributed by atoms with Gasteiger partial charge in [-0.25, -0.2) is 4.79 Å². The number of hydrogen-bond acceptors (Lipinski definition) is 3. The number of nitrogens with zero attached hydrogens (tertiary/aromatic N) is 2. The van der Waals surface area contributed by atoms with Crippen molar-refractivity contribution in [2.24, 2.45) is 5.92 Å². The summed E-state index contributed by atoms with van der Waals surface area (Å²) in [5.74, 6) is 0.400. The first-order valence-electron chi connectivity index (χ1n) is 9.92. The zero-order valence-corrected chi connectivity index (χ0v) is 16.2. The molecule has 1 saturated heterocycles. The Kier molecular flexibility index (Phi) is 5.17. The highest BCUT2D eigenvalue weighted by Gasteiger charge is 2.35. The minimum Gasteiger partial charge on any atom is -0.444 e. The third-order valence-electron chi connectivity index (χ3n) is 5.98. The first-order chi connectivity index (χ1) is 13.1. The summed E-state index contributed by atoms with van der Waals surface area (Å²) in [6.45, 7) is 4.75. The molecule has 0 spiro atoms. The molecule has 1 amide bonds. The normalized spacial score (nSPS) is 25.7. The number of likely N-dealkylation sites (N-methyl/N-ethyl adjacent to an activating group) is 1. The lowest BCUT2D eigenvalue weighted by Crippen LogP contribution is -2.47. The van der Waals surface area contributed by atoms with Crippen LogP contribution in [0.4, 0.5) is 4.79 Å². The average molecular weight is 364 g/mol. The summed E-state index contributed by atoms with van der Waals surface area (Å²) in [5.41, 5.74) is 3.66. The number of likely N-dealkylation sites (tertiary alicyclic amines) is 1. The summed E-state index contributed by atoms with van der Waals surface area (Å²) in [4.78, 5) is 17.4. The molecule has 2 aromatic rings. The number of ether oxygens (including phenoxy) is 1. The molecule has 2 aliphatic heterocycles. The van der Waals surface area contributed by atoms with Crippen molar-refractivity contribution in [1.29, 1.82) is 0 Å². The Morgan fingerprint density at radius 3 is 2.59 bits per heavy atom. The van der Waals surface area contributed by atoms with E-state index in [0.29, 0.717) is 12.5 Å². The molecule has 2 aliphatic rings. The molecule has 0 N–H and O–H groups in total. The number of amides is 1. The quantitative estimate of drug-likeness (QED) is 0.804. The van der Waals surface area contributed by atoms with Gasteiger partial charge in [-0.2, -0.15) is 0 Å². The van der Waals surface area contributed by atoms with Crippen LogP contribution in [0.1, 0.15) is 36.1 Å². The second-order valence-electron chi connectivity index (χ2n) is 7.91. The van der Waals surface area contributed by atoms with Gasteiger partial charge in [0.1, 0.15) is 6.10 Å². The molecule has 142 valence electrons. The summed E-state index contributed by atoms with van der Waals surface area (Å²) in [6, 6.07) is 18.7. The number of piperidine rings is 1. The summed E-state index contributed by atoms with van der Waals surface area (Å²) in [5, 5.41) is 0. The fourth-order valence-electron chi connectivity index (χ4n) is 4.30. The lowest BCUT2D eigenvalue weighted by Gasteiger charge is -2.40. The highest BCUT2D eigenvalue weighted by Crippen LogP contribution is 2.36. The van der Waals surface area contributed by atoms with Gasteiger partial charge in [-0.15, -0.1) is 0 Å². The Balaban J connectivity index is 1.61. The number of carbonyl (C=O) groups is 1. The van der Waals surface area contributed by atoms with Gasteiger partial charge < -0.3 is 9.64 Å². The van der Waals surface area contributed by atoms with E-state index in [1.54, 1.807) is 0 Å². The van der Waals surface area contributed by atoms with Gasteiger partial charge in [-0.05, 0) is 49.0 Å². The van der Waals surface area contributed by atoms with Crippen molar-refractivity contribution < 1.29 is 9.53 Å². The van der Waals surface area contributed by atoms with Crippen molar-refractivity contribution in [3.05, 3.63) is 71.3 Å². The van der Waals surface area contributed by atoms with Crippen molar-refractivity contribution in [3.63, 3.8) is 0 Å². The maximum atomic E-state index is 13.2. The second kappa shape index (κ2) is 7.73. The van der Waals surface area contributed by atoms with E-state index in [1.807, 2.05) is 23.1 Å². The van der Waals surface area contributed by atoms with E-state index in [-0.39, 0.29) is 18.2 Å². The Labute approximate surface area is 161 Å². The first-order valence-corrected chi connectivity index (χ1v) is 9.92. The van der Waals surface area contributed by atoms with E-state index in [0.717, 1.165) is 31.5 Å². The highest BCUT2D eigenvalue weighted by atomic mass is 16.6. The van der Waals surface area contributed by atoms with Crippen LogP contribution in [0, 0.1) is 5.92 Å². The maximum absolute atomic E-state index is 13.2. The average Bonchev–Trinajstić information content (AvgIpc) is 2.70. The van der Waals surface area contributed by atoms with Crippen molar-refractivity contribution in [2.45, 2.75) is 31.9 Å². The van der Waals surface area contributed by atoms with Crippen LogP contribution >= 0.6 is 0 Å². The number of hydrogen-bond donors (Lipinski definition) is 0. The lowest BCUT2D eigenvalue weighted by atomic mass is 9.88. The van der Waals surface area contributed by atoms with E-state index < -0.39 is 0 Å². The third kappa shape index (κ3) is 3.72. The van der Waals surface area contributed by atoms with Crippen molar-refractivity contribution in [3.8, 4) is 0 Å². The lowest BCUT2D eigenvalue weighted by molar-refractivity contribution is -0.00456. The SMILES string of the molecule is CC1CCN(C)C[C@H]1OC(=O)N1CCc2ccccc2[C@H]1c1ccccc1. The van der Waals surface area contributed by atoms with Crippen LogP contribution < -0.4 is 0 Å². The fraction of sp³-hybridized carbons (Fsp3) is 0.435. The predicted molar refractivity (Wildman–Crippen MR) is 107 cm³/mol. The van der Waals surface area contributed by atoms with Gasteiger partial charge in [0.05, 0.1) is 6.04 Å². The number of fused-ring (bicyclic) bond motifs is 1. The van der Waals surface area contributed by atoms with Gasteiger partial charge in [0.15, 0.2) is 0 Å². The molecule has 0 aliphatic carbocycles. The zero-order chi connectivity index (χ0) is 18.8. The molecule has 2 aromatic carbocycles. The third-order valence-corrected chi connectivity index (χ3v) is 5.98. The number of rotatable bonds is 2. The number of carbonyl (C=O) groups excluding carboxylic acids is 1. The molecule has 0 radical (unpaired) electrons. The molecule has 27 heavy (non-hydrogen) atoms. The minimum absolute atomic E-state index is 0.0372. The minimum atomic E-state index is -0.189. The van der Waals surface area contributed by atoms with Crippen LogP contribution in [0.25, 0.3) is 0 Å². The van der Waals surface area contributed by atoms with E-state index in [2.05, 4.69) is 55.3 Å². The molecule has 0 bridgehead atoms. The molecule has 4 rings (SSSR count). The van der Waals surface area contributed by atoms with E-state index in [4.69, 9.17) is 4.74 Å². The molecule has 0 aromatic heterocycles. The molecule has 2 heterocycles. The van der Waals surface area contributed by atoms with E-state index in [1.165, 1.54) is 11.1 Å². The monoisotopic (exact) mass is 364 g/mol. The van der Waals surface area contributed by atoms with Crippen molar-refractivity contribution >= 4 is 6.09 Å². The number of benzene rings is 2. The summed E-state index contributed by atoms with van der Waals surface area (Å²) in [6.07, 6.45) is 1.71. The molecule has 4 nitrogen and oxygen atoms in total. The molecule has 3 atom stereocenters. The largest absolute Gasteiger partial charge is 0.444 e. The molecule has 0 saturated carbocycles. The van der Waals surface area contributed by atoms with Crippen LogP contribution in [-0.4, -0.2) is 48.7 Å². The van der Waals surface area contributed by atoms with Crippen LogP contribution in [-0.2, 0) is 11.2 Å². The Bertz CT molecular complexity index is 792. The Morgan fingerprint density at radius 1 is 1.04 bits per heavy atom. The zero-order valence-electron chi connectivity index (χ0n) is 16.2. The van der Waals surface area contributed by atoms with Crippen LogP contribution in [0.15, 0.2) is 54.6 Å². The highest BCUT2D eigenvalue weighted by molar-refractivity contribution is 5.70. The van der Waals surface area contributed by atoms with Gasteiger partial charge in [0.2, 0.25) is 0 Å². The van der Waals surface area contributed by atoms with Gasteiger partial charge in [0.25, 0.3) is 0 Å². The van der Waals surface area contributed by atoms with Crippen molar-refractivity contribution in [1.82, 2.24) is 9.80 Å². The van der Waals surface area contributed by atoms with Crippen LogP contribution in [0.5, 0.6) is 0 Å². The smallest absolute Gasteiger partial charge is 0.410 e. The van der Waals surface area contributed by atoms with Gasteiger partial charge >= 0.3 is 6.09 Å². The molecular weight excluding hydrogens is 336 g/mol. The van der Waals surface area contributed by atoms with E-state index in [9.17, 15) is 4.79 Å². The Hall–Kier alpha value is -2.33. The van der Waals surface area contributed by atoms with Crippen LogP contribution in [0.2, 0.25) is 0 Å². The standard InChI is InChI=1S/C23H28N2O2/c1-17-12-14-24(2)16-21(17)27-23(26)25-15-13-18-8-6-7-11-20(18)22(25)19-9-4-3-5-10-19/h3-11,17,21-22H,12-16H2,1-2H3/t17?,21-,22-/m1/s1. The first kappa shape index (κ1) is 18.1. The summed E-state index contributed by atoms with van der Waals surface area (Å²) < 4.78 is 6.03. The topological polar surface area (TPSA) is 32.8 Å². The fourth-order valence-corrected chi connectivity index (χ4v) is 4.30. The van der Waals surface area contributed by atoms with Crippen LogP contribution in [0.3, 0.4) is 0 Å². The van der Waals surface area contributed by atoms with Gasteiger partial charge in [0, 0.05) is 13.1 Å². The maximum Gasteiger partial charge on any atom is 0.410 e. The van der Waals surface area contributed by atoms with Gasteiger partial charge in [-0.3, -0.25) is 4.90 Å². The summed E-state index contributed by atoms with van der Waals surface area (Å²) >= 11 is 0. The predicted octanol–water partition coefficient (Wildman–Crippen LogP) is 4.11. The Morgan fingerprint density at radius 2 is 1.78 bits per heavy atom. The van der Waals surface area contributed by atoms with E-state index >= 15 is 0 Å². The summed E-state index contributed by atoms with van der Waals surface area (Å²) in [7, 11) is 2.09. The molecular formula is C23H28N2O2. The molecule has 1 unspecified atom stereocenters.